The largest absolute Gasteiger partial charge is 0.472 e. The molecular weight excluding hydrogens is 200 g/mol. The Bertz CT molecular complexity index is 435. The number of nitrogens with one attached hydrogen (secondary N) is 1. The summed E-state index contributed by atoms with van der Waals surface area (Å²) in [5, 5.41) is 3.40. The molecule has 0 fully saturated rings. The molecule has 0 atom stereocenters. The second kappa shape index (κ2) is 4.75. The molecule has 0 radical (unpaired) electrons. The molecule has 0 aliphatic carbocycles. The standard InChI is InChI=1S/C13H16N2O/c1-15(2)13-6-4-3-5-12(13)14-9-11-7-8-16-10-11/h3-8,10,14H,9H2,1-2H3. The zero-order valence-electron chi connectivity index (χ0n) is 9.60. The molecular formula is C13H16N2O. The van der Waals surface area contributed by atoms with E-state index in [1.807, 2.05) is 32.3 Å². The smallest absolute Gasteiger partial charge is 0.0952 e. The monoisotopic (exact) mass is 216 g/mol. The van der Waals surface area contributed by atoms with Gasteiger partial charge in [-0.2, -0.15) is 0 Å². The van der Waals surface area contributed by atoms with Crippen molar-refractivity contribution in [1.29, 1.82) is 0 Å². The predicted molar refractivity (Wildman–Crippen MR) is 66.8 cm³/mol. The van der Waals surface area contributed by atoms with Crippen LogP contribution in [0, 0.1) is 0 Å². The lowest BCUT2D eigenvalue weighted by Gasteiger charge is -2.18. The molecule has 1 heterocycles. The van der Waals surface area contributed by atoms with Crippen molar-refractivity contribution in [2.45, 2.75) is 6.54 Å². The highest BCUT2D eigenvalue weighted by molar-refractivity contribution is 5.69. The van der Waals surface area contributed by atoms with Gasteiger partial charge in [0.2, 0.25) is 0 Å². The second-order valence-electron chi connectivity index (χ2n) is 3.90. The lowest BCUT2D eigenvalue weighted by Crippen LogP contribution is -2.11. The third-order valence-corrected chi connectivity index (χ3v) is 2.45. The lowest BCUT2D eigenvalue weighted by molar-refractivity contribution is 0.564. The second-order valence-corrected chi connectivity index (χ2v) is 3.90. The maximum absolute atomic E-state index is 5.03. The van der Waals surface area contributed by atoms with Gasteiger partial charge in [-0.05, 0) is 18.2 Å². The summed E-state index contributed by atoms with van der Waals surface area (Å²) in [4.78, 5) is 2.09. The van der Waals surface area contributed by atoms with Crippen molar-refractivity contribution in [3.63, 3.8) is 0 Å². The summed E-state index contributed by atoms with van der Waals surface area (Å²) < 4.78 is 5.03. The van der Waals surface area contributed by atoms with E-state index in [-0.39, 0.29) is 0 Å². The Hall–Kier alpha value is -1.90. The number of furan rings is 1. The molecule has 0 bridgehead atoms. The highest BCUT2D eigenvalue weighted by atomic mass is 16.3. The van der Waals surface area contributed by atoms with Crippen LogP contribution in [0.1, 0.15) is 5.56 Å². The first-order valence-corrected chi connectivity index (χ1v) is 5.28. The molecule has 0 aliphatic rings. The van der Waals surface area contributed by atoms with Gasteiger partial charge in [-0.15, -0.1) is 0 Å². The van der Waals surface area contributed by atoms with Crippen LogP contribution < -0.4 is 10.2 Å². The van der Waals surface area contributed by atoms with Crippen LogP contribution >= 0.6 is 0 Å². The number of nitrogens with zero attached hydrogens (tertiary/aromatic N) is 1. The fourth-order valence-electron chi connectivity index (χ4n) is 1.60. The van der Waals surface area contributed by atoms with E-state index in [9.17, 15) is 0 Å². The normalized spacial score (nSPS) is 10.1. The summed E-state index contributed by atoms with van der Waals surface area (Å²) in [6.07, 6.45) is 3.44. The van der Waals surface area contributed by atoms with Crippen molar-refractivity contribution in [3.8, 4) is 0 Å². The minimum atomic E-state index is 0.779. The molecule has 0 unspecified atom stereocenters. The first-order chi connectivity index (χ1) is 7.77. The van der Waals surface area contributed by atoms with E-state index in [1.165, 1.54) is 5.69 Å². The van der Waals surface area contributed by atoms with Gasteiger partial charge in [0.25, 0.3) is 0 Å². The van der Waals surface area contributed by atoms with E-state index in [0.29, 0.717) is 0 Å². The summed E-state index contributed by atoms with van der Waals surface area (Å²) >= 11 is 0. The van der Waals surface area contributed by atoms with Crippen molar-refractivity contribution in [3.05, 3.63) is 48.4 Å². The van der Waals surface area contributed by atoms with Gasteiger partial charge in [0.05, 0.1) is 23.9 Å². The van der Waals surface area contributed by atoms with Crippen LogP contribution in [-0.4, -0.2) is 14.1 Å². The molecule has 1 aromatic heterocycles. The van der Waals surface area contributed by atoms with Gasteiger partial charge in [0, 0.05) is 26.2 Å². The molecule has 1 N–H and O–H groups in total. The van der Waals surface area contributed by atoms with Crippen LogP contribution in [0.25, 0.3) is 0 Å². The van der Waals surface area contributed by atoms with Crippen LogP contribution in [0.2, 0.25) is 0 Å². The summed E-state index contributed by atoms with van der Waals surface area (Å²) in [5.74, 6) is 0. The Morgan fingerprint density at radius 3 is 2.69 bits per heavy atom. The first kappa shape index (κ1) is 10.6. The lowest BCUT2D eigenvalue weighted by atomic mass is 10.2. The molecule has 0 saturated carbocycles. The van der Waals surface area contributed by atoms with Gasteiger partial charge in [-0.3, -0.25) is 0 Å². The van der Waals surface area contributed by atoms with Crippen molar-refractivity contribution >= 4 is 11.4 Å². The molecule has 0 saturated heterocycles. The Morgan fingerprint density at radius 1 is 1.19 bits per heavy atom. The number of hydrogen-bond donors (Lipinski definition) is 1. The number of rotatable bonds is 4. The fourth-order valence-corrected chi connectivity index (χ4v) is 1.60. The van der Waals surface area contributed by atoms with Crippen molar-refractivity contribution in [2.24, 2.45) is 0 Å². The van der Waals surface area contributed by atoms with Gasteiger partial charge in [0.1, 0.15) is 0 Å². The Kier molecular flexibility index (Phi) is 3.15. The average Bonchev–Trinajstić information content (AvgIpc) is 2.79. The third-order valence-electron chi connectivity index (χ3n) is 2.45. The van der Waals surface area contributed by atoms with E-state index in [0.717, 1.165) is 17.8 Å². The van der Waals surface area contributed by atoms with E-state index in [4.69, 9.17) is 4.42 Å². The molecule has 3 nitrogen and oxygen atoms in total. The SMILES string of the molecule is CN(C)c1ccccc1NCc1ccoc1. The van der Waals surface area contributed by atoms with Crippen LogP contribution in [0.4, 0.5) is 11.4 Å². The minimum absolute atomic E-state index is 0.779. The number of benzene rings is 1. The Balaban J connectivity index is 2.09. The zero-order valence-corrected chi connectivity index (χ0v) is 9.60. The Morgan fingerprint density at radius 2 is 2.00 bits per heavy atom. The molecule has 3 heteroatoms. The van der Waals surface area contributed by atoms with Crippen molar-refractivity contribution in [1.82, 2.24) is 0 Å². The summed E-state index contributed by atoms with van der Waals surface area (Å²) in [7, 11) is 4.08. The number of hydrogen-bond acceptors (Lipinski definition) is 3. The number of para-hydroxylation sites is 2. The molecule has 2 rings (SSSR count). The highest BCUT2D eigenvalue weighted by Crippen LogP contribution is 2.23. The predicted octanol–water partition coefficient (Wildman–Crippen LogP) is 2.96. The molecule has 2 aromatic rings. The van der Waals surface area contributed by atoms with E-state index >= 15 is 0 Å². The third kappa shape index (κ3) is 2.37. The van der Waals surface area contributed by atoms with Crippen molar-refractivity contribution < 1.29 is 4.42 Å². The van der Waals surface area contributed by atoms with Gasteiger partial charge >= 0.3 is 0 Å². The van der Waals surface area contributed by atoms with Gasteiger partial charge in [-0.1, -0.05) is 12.1 Å². The van der Waals surface area contributed by atoms with Crippen LogP contribution in [0.15, 0.2) is 47.3 Å². The zero-order chi connectivity index (χ0) is 11.4. The van der Waals surface area contributed by atoms with E-state index < -0.39 is 0 Å². The molecule has 0 aliphatic heterocycles. The van der Waals surface area contributed by atoms with Crippen LogP contribution in [-0.2, 0) is 6.54 Å². The maximum atomic E-state index is 5.03. The minimum Gasteiger partial charge on any atom is -0.472 e. The summed E-state index contributed by atoms with van der Waals surface area (Å²) in [6, 6.07) is 10.2. The molecule has 0 spiro atoms. The molecule has 16 heavy (non-hydrogen) atoms. The molecule has 1 aromatic carbocycles. The first-order valence-electron chi connectivity index (χ1n) is 5.28. The number of anilines is 2. The van der Waals surface area contributed by atoms with Gasteiger partial charge in [0.15, 0.2) is 0 Å². The average molecular weight is 216 g/mol. The van der Waals surface area contributed by atoms with Crippen molar-refractivity contribution in [2.75, 3.05) is 24.3 Å². The van der Waals surface area contributed by atoms with E-state index in [1.54, 1.807) is 12.5 Å². The molecule has 84 valence electrons. The summed E-state index contributed by atoms with van der Waals surface area (Å²) in [6.45, 7) is 0.779. The fraction of sp³-hybridized carbons (Fsp3) is 0.231. The topological polar surface area (TPSA) is 28.4 Å². The molecule has 0 amide bonds. The van der Waals surface area contributed by atoms with Gasteiger partial charge in [-0.25, -0.2) is 0 Å². The van der Waals surface area contributed by atoms with E-state index in [2.05, 4.69) is 22.3 Å². The maximum Gasteiger partial charge on any atom is 0.0952 e. The van der Waals surface area contributed by atoms with Crippen LogP contribution in [0.5, 0.6) is 0 Å². The highest BCUT2D eigenvalue weighted by Gasteiger charge is 2.02. The summed E-state index contributed by atoms with van der Waals surface area (Å²) in [5.41, 5.74) is 3.47. The van der Waals surface area contributed by atoms with Gasteiger partial charge < -0.3 is 14.6 Å². The van der Waals surface area contributed by atoms with Crippen LogP contribution in [0.3, 0.4) is 0 Å². The quantitative estimate of drug-likeness (QED) is 0.851. The Labute approximate surface area is 95.7 Å².